The van der Waals surface area contributed by atoms with Gasteiger partial charge in [-0.2, -0.15) is 13.2 Å². The van der Waals surface area contributed by atoms with Crippen molar-refractivity contribution in [1.29, 1.82) is 0 Å². The molecule has 1 aliphatic rings. The van der Waals surface area contributed by atoms with Crippen LogP contribution in [-0.2, 0) is 22.1 Å². The monoisotopic (exact) mass is 704 g/mol. The van der Waals surface area contributed by atoms with E-state index in [9.17, 15) is 36.8 Å². The summed E-state index contributed by atoms with van der Waals surface area (Å²) in [7, 11) is -0.359. The Labute approximate surface area is 282 Å². The normalized spacial score (nSPS) is 18.7. The molecule has 3 unspecified atom stereocenters. The first-order valence-corrected chi connectivity index (χ1v) is 16.3. The Bertz CT molecular complexity index is 1930. The van der Waals surface area contributed by atoms with E-state index in [-0.39, 0.29) is 40.5 Å². The van der Waals surface area contributed by atoms with E-state index in [1.54, 1.807) is 33.8 Å². The van der Waals surface area contributed by atoms with Crippen LogP contribution in [0.5, 0.6) is 11.5 Å². The van der Waals surface area contributed by atoms with Gasteiger partial charge in [-0.25, -0.2) is 23.3 Å². The minimum absolute atomic E-state index is 0.0699. The largest absolute Gasteiger partial charge is 0.494 e. The molecule has 4 N–H and O–H groups in total. The second-order valence-corrected chi connectivity index (χ2v) is 15.0. The van der Waals surface area contributed by atoms with Gasteiger partial charge in [-0.1, -0.05) is 6.07 Å². The highest BCUT2D eigenvalue weighted by Gasteiger charge is 2.57. The molecule has 1 aliphatic heterocycles. The lowest BCUT2D eigenvalue weighted by molar-refractivity contribution is -0.265. The summed E-state index contributed by atoms with van der Waals surface area (Å²) in [5.41, 5.74) is -5.08. The van der Waals surface area contributed by atoms with Crippen LogP contribution in [0.1, 0.15) is 68.0 Å². The van der Waals surface area contributed by atoms with E-state index in [1.807, 2.05) is 0 Å². The van der Waals surface area contributed by atoms with Gasteiger partial charge in [0.1, 0.15) is 29.4 Å². The number of halogens is 4. The number of ether oxygens (including phenoxy) is 2. The quantitative estimate of drug-likeness (QED) is 0.171. The number of pyridine rings is 2. The van der Waals surface area contributed by atoms with E-state index < -0.39 is 63.1 Å². The van der Waals surface area contributed by atoms with Gasteiger partial charge in [0.15, 0.2) is 5.75 Å². The molecule has 0 radical (unpaired) electrons. The summed E-state index contributed by atoms with van der Waals surface area (Å²) in [6, 6.07) is 11.6. The van der Waals surface area contributed by atoms with Gasteiger partial charge < -0.3 is 25.0 Å². The lowest BCUT2D eigenvalue weighted by atomic mass is 9.89. The van der Waals surface area contributed by atoms with Crippen LogP contribution in [0.4, 0.5) is 17.6 Å². The average molecular weight is 705 g/mol. The Morgan fingerprint density at radius 3 is 2.37 bits per heavy atom. The number of fused-ring (bicyclic) bond motifs is 2. The van der Waals surface area contributed by atoms with E-state index in [1.165, 1.54) is 44.4 Å². The number of benzene rings is 2. The number of nitrogens with one attached hydrogen (secondary N) is 2. The molecule has 0 spiro atoms. The van der Waals surface area contributed by atoms with Crippen LogP contribution in [0.25, 0.3) is 22.2 Å². The second kappa shape index (κ2) is 12.9. The third-order valence-electron chi connectivity index (χ3n) is 8.15. The summed E-state index contributed by atoms with van der Waals surface area (Å²) in [5, 5.41) is 24.0. The number of aliphatic hydroxyl groups is 2. The predicted molar refractivity (Wildman–Crippen MR) is 175 cm³/mol. The van der Waals surface area contributed by atoms with Crippen LogP contribution in [0, 0.1) is 5.82 Å². The zero-order valence-corrected chi connectivity index (χ0v) is 28.3. The average Bonchev–Trinajstić information content (AvgIpc) is 3.37. The fourth-order valence-electron chi connectivity index (χ4n) is 5.22. The summed E-state index contributed by atoms with van der Waals surface area (Å²) in [6.07, 6.45) is -6.24. The standard InChI is InChI=1S/C34H36F4N4O6S/c1-18(43)24-12-9-20-13-21(14-25(47-6)27(20)40-24)30(44)39-16-33(45,34(36,37)38)26-15-23-29(28(41-26)19-7-10-22(35)11-8-19)48-17-32(23,5)42-49(46)31(2,3)4/h7-15,18,42-43,45H,16-17H2,1-6H3,(H,39,44)/t18?,32-,33?,49?/m1/s1. The molecule has 0 bridgehead atoms. The maximum Gasteiger partial charge on any atom is 0.424 e. The molecular weight excluding hydrogens is 668 g/mol. The Balaban J connectivity index is 1.58. The Kier molecular flexibility index (Phi) is 9.53. The van der Waals surface area contributed by atoms with Gasteiger partial charge in [-0.3, -0.25) is 4.79 Å². The van der Waals surface area contributed by atoms with Crippen LogP contribution in [0.15, 0.2) is 54.6 Å². The predicted octanol–water partition coefficient (Wildman–Crippen LogP) is 5.34. The highest BCUT2D eigenvalue weighted by atomic mass is 32.2. The Hall–Kier alpha value is -4.18. The molecule has 49 heavy (non-hydrogen) atoms. The van der Waals surface area contributed by atoms with Crippen LogP contribution in [0.3, 0.4) is 0 Å². The smallest absolute Gasteiger partial charge is 0.424 e. The number of rotatable bonds is 9. The SMILES string of the molecule is COc1cc(C(=O)NCC(O)(c2cc3c(c(-c4ccc(F)cc4)n2)OC[C@@]3(C)NS(=O)C(C)(C)C)C(F)(F)F)cc2ccc(C(C)O)nc12. The number of methoxy groups -OCH3 is 1. The summed E-state index contributed by atoms with van der Waals surface area (Å²) in [6.45, 7) is 6.80. The van der Waals surface area contributed by atoms with Crippen molar-refractivity contribution >= 4 is 27.8 Å². The number of nitrogens with zero attached hydrogens (tertiary/aromatic N) is 2. The van der Waals surface area contributed by atoms with E-state index in [2.05, 4.69) is 20.0 Å². The number of carbonyl (C=O) groups is 1. The van der Waals surface area contributed by atoms with Crippen LogP contribution in [0.2, 0.25) is 0 Å². The van der Waals surface area contributed by atoms with Crippen LogP contribution < -0.4 is 19.5 Å². The van der Waals surface area contributed by atoms with Crippen molar-refractivity contribution in [2.24, 2.45) is 0 Å². The Morgan fingerprint density at radius 2 is 1.78 bits per heavy atom. The summed E-state index contributed by atoms with van der Waals surface area (Å²) in [5.74, 6) is -1.35. The van der Waals surface area contributed by atoms with E-state index in [0.29, 0.717) is 16.6 Å². The maximum atomic E-state index is 14.9. The number of aromatic nitrogens is 2. The molecule has 15 heteroatoms. The van der Waals surface area contributed by atoms with Crippen LogP contribution in [-0.4, -0.2) is 61.5 Å². The van der Waals surface area contributed by atoms with Gasteiger partial charge in [0.2, 0.25) is 5.60 Å². The first-order valence-electron chi connectivity index (χ1n) is 15.2. The molecule has 2 aromatic carbocycles. The molecule has 0 fully saturated rings. The van der Waals surface area contributed by atoms with Gasteiger partial charge >= 0.3 is 6.18 Å². The molecule has 5 rings (SSSR count). The Morgan fingerprint density at radius 1 is 1.10 bits per heavy atom. The van der Waals surface area contributed by atoms with E-state index >= 15 is 0 Å². The molecule has 0 saturated heterocycles. The highest BCUT2D eigenvalue weighted by molar-refractivity contribution is 7.84. The topological polar surface area (TPSA) is 143 Å². The molecule has 4 aromatic rings. The molecule has 2 aromatic heterocycles. The summed E-state index contributed by atoms with van der Waals surface area (Å²) >= 11 is 0. The zero-order valence-electron chi connectivity index (χ0n) is 27.5. The van der Waals surface area contributed by atoms with Crippen molar-refractivity contribution in [1.82, 2.24) is 20.0 Å². The second-order valence-electron chi connectivity index (χ2n) is 13.0. The first kappa shape index (κ1) is 36.1. The van der Waals surface area contributed by atoms with Gasteiger partial charge in [0.25, 0.3) is 5.91 Å². The zero-order chi connectivity index (χ0) is 36.1. The molecule has 4 atom stereocenters. The van der Waals surface area contributed by atoms with Crippen molar-refractivity contribution in [3.8, 4) is 22.8 Å². The molecule has 0 saturated carbocycles. The number of alkyl halides is 3. The molecule has 0 aliphatic carbocycles. The van der Waals surface area contributed by atoms with E-state index in [0.717, 1.165) is 18.2 Å². The van der Waals surface area contributed by atoms with Gasteiger partial charge in [-0.05, 0) is 83.1 Å². The summed E-state index contributed by atoms with van der Waals surface area (Å²) in [4.78, 5) is 21.9. The third kappa shape index (κ3) is 6.98. The number of aliphatic hydroxyl groups excluding tert-OH is 1. The van der Waals surface area contributed by atoms with Crippen molar-refractivity contribution in [2.75, 3.05) is 20.3 Å². The molecular formula is C34H36F4N4O6S. The fourth-order valence-corrected chi connectivity index (χ4v) is 6.11. The highest BCUT2D eigenvalue weighted by Crippen LogP contribution is 2.47. The fraction of sp³-hybridized carbons (Fsp3) is 0.382. The maximum absolute atomic E-state index is 14.9. The molecule has 10 nitrogen and oxygen atoms in total. The van der Waals surface area contributed by atoms with Crippen LogP contribution >= 0.6 is 0 Å². The van der Waals surface area contributed by atoms with Crippen molar-refractivity contribution < 1.29 is 46.3 Å². The molecule has 262 valence electrons. The van der Waals surface area contributed by atoms with Gasteiger partial charge in [0, 0.05) is 22.1 Å². The van der Waals surface area contributed by atoms with Gasteiger partial charge in [0.05, 0.1) is 52.4 Å². The molecule has 1 amide bonds. The minimum atomic E-state index is -5.36. The summed E-state index contributed by atoms with van der Waals surface area (Å²) < 4.78 is 85.3. The molecule has 3 heterocycles. The lowest BCUT2D eigenvalue weighted by Crippen LogP contribution is -2.52. The first-order chi connectivity index (χ1) is 22.8. The number of hydrogen-bond donors (Lipinski definition) is 4. The third-order valence-corrected chi connectivity index (χ3v) is 9.90. The minimum Gasteiger partial charge on any atom is -0.494 e. The number of hydrogen-bond acceptors (Lipinski definition) is 8. The van der Waals surface area contributed by atoms with Gasteiger partial charge in [-0.15, -0.1) is 0 Å². The lowest BCUT2D eigenvalue weighted by Gasteiger charge is -2.32. The van der Waals surface area contributed by atoms with Crippen molar-refractivity contribution in [3.05, 3.63) is 82.9 Å². The number of amides is 1. The van der Waals surface area contributed by atoms with Crippen molar-refractivity contribution in [2.45, 2.75) is 62.8 Å². The van der Waals surface area contributed by atoms with Crippen molar-refractivity contribution in [3.63, 3.8) is 0 Å². The van der Waals surface area contributed by atoms with E-state index in [4.69, 9.17) is 9.47 Å². The number of carbonyl (C=O) groups excluding carboxylic acids is 1.